The Bertz CT molecular complexity index is 1120. The van der Waals surface area contributed by atoms with E-state index in [-0.39, 0.29) is 0 Å². The van der Waals surface area contributed by atoms with Gasteiger partial charge in [-0.15, -0.1) is 0 Å². The zero-order chi connectivity index (χ0) is 38.0. The summed E-state index contributed by atoms with van der Waals surface area (Å²) in [5, 5.41) is 0. The van der Waals surface area contributed by atoms with Gasteiger partial charge in [-0.3, -0.25) is 0 Å². The lowest BCUT2D eigenvalue weighted by atomic mass is 10.0. The zero-order valence-electron chi connectivity index (χ0n) is 35.2. The first-order chi connectivity index (χ1) is 26.0. The van der Waals surface area contributed by atoms with E-state index in [1.54, 1.807) is 0 Å². The maximum Gasteiger partial charge on any atom is 0.123 e. The average molecular weight is 747 g/mol. The number of hydrogen-bond acceptors (Lipinski definition) is 3. The van der Waals surface area contributed by atoms with Gasteiger partial charge in [0.1, 0.15) is 11.5 Å². The molecule has 0 aliphatic heterocycles. The average Bonchev–Trinajstić information content (AvgIpc) is 3.16. The Morgan fingerprint density at radius 1 is 0.528 bits per heavy atom. The Morgan fingerprint density at radius 3 is 1.36 bits per heavy atom. The summed E-state index contributed by atoms with van der Waals surface area (Å²) in [5.74, 6) is 2.58. The van der Waals surface area contributed by atoms with Crippen LogP contribution in [0.1, 0.15) is 218 Å². The van der Waals surface area contributed by atoms with Gasteiger partial charge < -0.3 is 9.47 Å². The molecule has 0 saturated carbocycles. The van der Waals surface area contributed by atoms with E-state index in [1.165, 1.54) is 166 Å². The summed E-state index contributed by atoms with van der Waals surface area (Å²) >= 11 is 5.84. The molecule has 0 N–H and O–H groups in total. The van der Waals surface area contributed by atoms with Crippen LogP contribution in [0.3, 0.4) is 0 Å². The molecule has 0 aromatic heterocycles. The molecule has 0 spiro atoms. The molecule has 0 atom stereocenters. The number of thiocarbonyl (C=S) groups is 1. The van der Waals surface area contributed by atoms with E-state index in [0.717, 1.165) is 65.9 Å². The minimum absolute atomic E-state index is 0.755. The van der Waals surface area contributed by atoms with Crippen LogP contribution in [0, 0.1) is 5.92 Å². The molecule has 0 fully saturated rings. The number of unbranched alkanes of at least 4 members (excludes halogenated alkanes) is 23. The first kappa shape index (κ1) is 47.0. The van der Waals surface area contributed by atoms with E-state index in [1.807, 2.05) is 0 Å². The highest BCUT2D eigenvalue weighted by Crippen LogP contribution is 2.25. The third-order valence-corrected chi connectivity index (χ3v) is 11.0. The molecule has 0 amide bonds. The molecule has 2 aromatic rings. The van der Waals surface area contributed by atoms with Crippen LogP contribution < -0.4 is 9.47 Å². The van der Waals surface area contributed by atoms with E-state index >= 15 is 0 Å². The largest absolute Gasteiger partial charge is 0.493 e. The van der Waals surface area contributed by atoms with Crippen LogP contribution in [0.25, 0.3) is 6.08 Å². The maximum atomic E-state index is 6.31. The van der Waals surface area contributed by atoms with Crippen LogP contribution in [0.2, 0.25) is 0 Å². The van der Waals surface area contributed by atoms with E-state index in [0.29, 0.717) is 0 Å². The number of hydrogen-bond donors (Lipinski definition) is 0. The standard InChI is InChI=1S/C50H82O2S/c1-5-7-9-11-13-15-17-19-21-23-25-29-39-51-48-41-46(35-38-50(53)47-36-33-45(34-37-47)32-28-27-31-44(3)4)42-49(43-48)52-40-30-26-24-22-20-18-16-14-12-10-8-6-2/h33-38,41-44H,5-32,39-40H2,1-4H3. The van der Waals surface area contributed by atoms with E-state index in [9.17, 15) is 0 Å². The molecule has 300 valence electrons. The smallest absolute Gasteiger partial charge is 0.123 e. The highest BCUT2D eigenvalue weighted by molar-refractivity contribution is 7.81. The molecule has 0 heterocycles. The third kappa shape index (κ3) is 26.3. The predicted molar refractivity (Wildman–Crippen MR) is 239 cm³/mol. The number of aryl methyl sites for hydroxylation is 1. The van der Waals surface area contributed by atoms with Crippen molar-refractivity contribution in [3.8, 4) is 11.5 Å². The van der Waals surface area contributed by atoms with Crippen LogP contribution in [-0.2, 0) is 6.42 Å². The van der Waals surface area contributed by atoms with Gasteiger partial charge in [0.05, 0.1) is 13.2 Å². The van der Waals surface area contributed by atoms with Crippen LogP contribution >= 0.6 is 12.2 Å². The molecular weight excluding hydrogens is 665 g/mol. The summed E-state index contributed by atoms with van der Waals surface area (Å²) in [6.45, 7) is 10.7. The molecule has 3 heteroatoms. The Labute approximate surface area is 334 Å². The summed E-state index contributed by atoms with van der Waals surface area (Å²) in [6, 6.07) is 15.2. The van der Waals surface area contributed by atoms with E-state index in [4.69, 9.17) is 21.7 Å². The highest BCUT2D eigenvalue weighted by Gasteiger charge is 2.05. The van der Waals surface area contributed by atoms with Gasteiger partial charge in [-0.1, -0.05) is 224 Å². The Kier molecular flexibility index (Phi) is 29.5. The van der Waals surface area contributed by atoms with Crippen molar-refractivity contribution < 1.29 is 9.47 Å². The van der Waals surface area contributed by atoms with Crippen molar-refractivity contribution in [3.63, 3.8) is 0 Å². The van der Waals surface area contributed by atoms with E-state index < -0.39 is 0 Å². The minimum atomic E-state index is 0.755. The highest BCUT2D eigenvalue weighted by atomic mass is 32.1. The number of rotatable bonds is 36. The van der Waals surface area contributed by atoms with Gasteiger partial charge in [0, 0.05) is 10.9 Å². The second kappa shape index (κ2) is 33.2. The van der Waals surface area contributed by atoms with Crippen molar-refractivity contribution in [1.82, 2.24) is 0 Å². The topological polar surface area (TPSA) is 18.5 Å². The molecule has 53 heavy (non-hydrogen) atoms. The summed E-state index contributed by atoms with van der Waals surface area (Å²) in [5.41, 5.74) is 3.58. The normalized spacial score (nSPS) is 11.6. The van der Waals surface area contributed by atoms with Crippen molar-refractivity contribution in [2.75, 3.05) is 13.2 Å². The summed E-state index contributed by atoms with van der Waals surface area (Å²) < 4.78 is 12.6. The lowest BCUT2D eigenvalue weighted by Crippen LogP contribution is -2.01. The zero-order valence-corrected chi connectivity index (χ0v) is 36.0. The van der Waals surface area contributed by atoms with Gasteiger partial charge in [0.15, 0.2) is 0 Å². The predicted octanol–water partition coefficient (Wildman–Crippen LogP) is 16.6. The van der Waals surface area contributed by atoms with Crippen LogP contribution in [0.5, 0.6) is 11.5 Å². The van der Waals surface area contributed by atoms with Crippen LogP contribution in [-0.4, -0.2) is 18.1 Å². The molecule has 0 bridgehead atoms. The second-order valence-electron chi connectivity index (χ2n) is 16.2. The first-order valence-corrected chi connectivity index (χ1v) is 23.1. The molecule has 0 saturated heterocycles. The van der Waals surface area contributed by atoms with Crippen molar-refractivity contribution >= 4 is 23.2 Å². The minimum Gasteiger partial charge on any atom is -0.493 e. The van der Waals surface area contributed by atoms with Gasteiger partial charge in [-0.2, -0.15) is 0 Å². The van der Waals surface area contributed by atoms with Gasteiger partial charge in [0.25, 0.3) is 0 Å². The van der Waals surface area contributed by atoms with Crippen molar-refractivity contribution in [2.24, 2.45) is 5.92 Å². The maximum absolute atomic E-state index is 6.31. The summed E-state index contributed by atoms with van der Waals surface area (Å²) in [7, 11) is 0. The number of ether oxygens (including phenoxy) is 2. The lowest BCUT2D eigenvalue weighted by Gasteiger charge is -2.12. The van der Waals surface area contributed by atoms with Gasteiger partial charge in [-0.05, 0) is 66.5 Å². The van der Waals surface area contributed by atoms with Crippen molar-refractivity contribution in [3.05, 3.63) is 65.2 Å². The monoisotopic (exact) mass is 747 g/mol. The fourth-order valence-corrected chi connectivity index (χ4v) is 7.31. The fraction of sp³-hybridized carbons (Fsp3) is 0.700. The Morgan fingerprint density at radius 2 is 0.943 bits per heavy atom. The first-order valence-electron chi connectivity index (χ1n) is 22.7. The quantitative estimate of drug-likeness (QED) is 0.0299. The molecule has 2 nitrogen and oxygen atoms in total. The molecular formula is C50H82O2S. The molecule has 2 rings (SSSR count). The van der Waals surface area contributed by atoms with Gasteiger partial charge in [-0.25, -0.2) is 0 Å². The molecule has 0 unspecified atom stereocenters. The SMILES string of the molecule is CCCCCCCCCCCCCCOc1cc(C=CC(=S)c2ccc(CCCCC(C)C)cc2)cc(OCCCCCCCCCCCCCC)c1. The Hall–Kier alpha value is -2.13. The van der Waals surface area contributed by atoms with Gasteiger partial charge >= 0.3 is 0 Å². The molecule has 2 aromatic carbocycles. The number of benzene rings is 2. The third-order valence-electron chi connectivity index (χ3n) is 10.6. The van der Waals surface area contributed by atoms with Crippen LogP contribution in [0.4, 0.5) is 0 Å². The Balaban J connectivity index is 1.81. The lowest BCUT2D eigenvalue weighted by molar-refractivity contribution is 0.289. The van der Waals surface area contributed by atoms with E-state index in [2.05, 4.69) is 82.3 Å². The van der Waals surface area contributed by atoms with Crippen molar-refractivity contribution in [1.29, 1.82) is 0 Å². The van der Waals surface area contributed by atoms with Crippen molar-refractivity contribution in [2.45, 2.75) is 207 Å². The fourth-order valence-electron chi connectivity index (χ4n) is 7.11. The molecule has 0 aliphatic carbocycles. The van der Waals surface area contributed by atoms with Crippen LogP contribution in [0.15, 0.2) is 48.5 Å². The molecule has 0 radical (unpaired) electrons. The summed E-state index contributed by atoms with van der Waals surface area (Å²) in [6.07, 6.45) is 41.6. The summed E-state index contributed by atoms with van der Waals surface area (Å²) in [4.78, 5) is 0.859. The number of allylic oxidation sites excluding steroid dienone is 1. The molecule has 0 aliphatic rings. The van der Waals surface area contributed by atoms with Gasteiger partial charge in [0.2, 0.25) is 0 Å². The second-order valence-corrected chi connectivity index (χ2v) is 16.7.